The van der Waals surface area contributed by atoms with Crippen molar-refractivity contribution in [1.82, 2.24) is 14.9 Å². The zero-order chi connectivity index (χ0) is 17.4. The van der Waals surface area contributed by atoms with Crippen molar-refractivity contribution in [2.45, 2.75) is 44.9 Å². The van der Waals surface area contributed by atoms with Gasteiger partial charge in [-0.3, -0.25) is 9.59 Å². The topological polar surface area (TPSA) is 75.2 Å². The number of nitrogens with zero attached hydrogens (tertiary/aromatic N) is 3. The predicted octanol–water partition coefficient (Wildman–Crippen LogP) is 3.16. The summed E-state index contributed by atoms with van der Waals surface area (Å²) in [6, 6.07) is 4.10. The van der Waals surface area contributed by atoms with Crippen molar-refractivity contribution < 1.29 is 9.59 Å². The first kappa shape index (κ1) is 16.4. The maximum Gasteiger partial charge on any atom is 0.225 e. The number of thiazole rings is 1. The number of piperidine rings is 1. The monoisotopic (exact) mass is 358 g/mol. The lowest BCUT2D eigenvalue weighted by molar-refractivity contribution is -0.139. The molecule has 7 heteroatoms. The van der Waals surface area contributed by atoms with E-state index in [-0.39, 0.29) is 11.8 Å². The van der Waals surface area contributed by atoms with Crippen molar-refractivity contribution >= 4 is 38.6 Å². The Morgan fingerprint density at radius 3 is 2.56 bits per heavy atom. The molecule has 0 bridgehead atoms. The van der Waals surface area contributed by atoms with Crippen molar-refractivity contribution in [2.24, 2.45) is 5.92 Å². The third-order valence-corrected chi connectivity index (χ3v) is 6.16. The highest BCUT2D eigenvalue weighted by Crippen LogP contribution is 2.33. The van der Waals surface area contributed by atoms with Crippen LogP contribution in [0.15, 0.2) is 12.1 Å². The number of pyridine rings is 1. The second-order valence-corrected chi connectivity index (χ2v) is 8.02. The fraction of sp³-hybridized carbons (Fsp3) is 0.556. The molecular formula is C18H22N4O2S. The van der Waals surface area contributed by atoms with Gasteiger partial charge in [-0.25, -0.2) is 4.98 Å². The first-order chi connectivity index (χ1) is 12.1. The van der Waals surface area contributed by atoms with Crippen LogP contribution in [-0.2, 0) is 9.59 Å². The molecule has 1 saturated heterocycles. The average Bonchev–Trinajstić information content (AvgIpc) is 2.93. The zero-order valence-corrected chi connectivity index (χ0v) is 15.1. The van der Waals surface area contributed by atoms with Crippen LogP contribution in [0.4, 0.5) is 5.13 Å². The second-order valence-electron chi connectivity index (χ2n) is 6.99. The summed E-state index contributed by atoms with van der Waals surface area (Å²) in [5.41, 5.74) is 1.74. The lowest BCUT2D eigenvalue weighted by atomic mass is 9.83. The summed E-state index contributed by atoms with van der Waals surface area (Å²) in [4.78, 5) is 34.7. The summed E-state index contributed by atoms with van der Waals surface area (Å²) < 4.78 is 0.977. The predicted molar refractivity (Wildman–Crippen MR) is 97.6 cm³/mol. The molecule has 2 fully saturated rings. The molecule has 0 aromatic carbocycles. The van der Waals surface area contributed by atoms with E-state index in [1.165, 1.54) is 24.7 Å². The van der Waals surface area contributed by atoms with Crippen LogP contribution < -0.4 is 5.32 Å². The van der Waals surface area contributed by atoms with E-state index >= 15 is 0 Å². The lowest BCUT2D eigenvalue weighted by Crippen LogP contribution is -2.43. The first-order valence-corrected chi connectivity index (χ1v) is 9.75. The number of rotatable bonds is 3. The molecule has 0 spiro atoms. The summed E-state index contributed by atoms with van der Waals surface area (Å²) in [7, 11) is 0. The summed E-state index contributed by atoms with van der Waals surface area (Å²) in [6.45, 7) is 3.13. The van der Waals surface area contributed by atoms with Crippen LogP contribution >= 0.6 is 11.3 Å². The number of hydrogen-bond acceptors (Lipinski definition) is 5. The average molecular weight is 358 g/mol. The number of anilines is 1. The van der Waals surface area contributed by atoms with E-state index in [0.29, 0.717) is 22.6 Å². The highest BCUT2D eigenvalue weighted by molar-refractivity contribution is 7.22. The standard InChI is InChI=1S/C18H22N4O2S/c1-11(23)19-18-21-16-15(25-18)6-5-14(20-16)12-7-9-22(10-8-12)17(24)13-3-2-4-13/h5-6,12-13H,2-4,7-10H2,1H3,(H,19,20,21,23). The Morgan fingerprint density at radius 2 is 1.92 bits per heavy atom. The number of hydrogen-bond donors (Lipinski definition) is 1. The molecule has 1 aliphatic heterocycles. The highest BCUT2D eigenvalue weighted by Gasteiger charge is 2.32. The second kappa shape index (κ2) is 6.71. The van der Waals surface area contributed by atoms with Gasteiger partial charge in [0.1, 0.15) is 0 Å². The Kier molecular flexibility index (Phi) is 4.41. The molecule has 2 aromatic heterocycles. The van der Waals surface area contributed by atoms with E-state index < -0.39 is 0 Å². The van der Waals surface area contributed by atoms with Crippen molar-refractivity contribution in [2.75, 3.05) is 18.4 Å². The number of carbonyl (C=O) groups is 2. The maximum atomic E-state index is 12.4. The van der Waals surface area contributed by atoms with Crippen molar-refractivity contribution in [3.05, 3.63) is 17.8 Å². The molecule has 2 aliphatic rings. The Labute approximate surface area is 150 Å². The van der Waals surface area contributed by atoms with Crippen LogP contribution in [0.5, 0.6) is 0 Å². The van der Waals surface area contributed by atoms with Crippen LogP contribution in [0.3, 0.4) is 0 Å². The molecule has 6 nitrogen and oxygen atoms in total. The fourth-order valence-electron chi connectivity index (χ4n) is 3.57. The Hall–Kier alpha value is -2.02. The molecule has 0 radical (unpaired) electrons. The van der Waals surface area contributed by atoms with Crippen molar-refractivity contribution in [3.63, 3.8) is 0 Å². The molecule has 132 valence electrons. The molecule has 0 atom stereocenters. The molecule has 2 amide bonds. The number of likely N-dealkylation sites (tertiary alicyclic amines) is 1. The van der Waals surface area contributed by atoms with E-state index in [0.717, 1.165) is 49.2 Å². The van der Waals surface area contributed by atoms with E-state index in [9.17, 15) is 9.59 Å². The quantitative estimate of drug-likeness (QED) is 0.914. The number of aromatic nitrogens is 2. The van der Waals surface area contributed by atoms with Gasteiger partial charge in [-0.2, -0.15) is 4.98 Å². The molecular weight excluding hydrogens is 336 g/mol. The van der Waals surface area contributed by atoms with E-state index in [1.807, 2.05) is 11.0 Å². The smallest absolute Gasteiger partial charge is 0.225 e. The van der Waals surface area contributed by atoms with E-state index in [1.54, 1.807) is 0 Å². The molecule has 2 aromatic rings. The van der Waals surface area contributed by atoms with Gasteiger partial charge in [0, 0.05) is 37.5 Å². The first-order valence-electron chi connectivity index (χ1n) is 8.94. The minimum absolute atomic E-state index is 0.122. The number of carbonyl (C=O) groups excluding carboxylic acids is 2. The van der Waals surface area contributed by atoms with Gasteiger partial charge >= 0.3 is 0 Å². The van der Waals surface area contributed by atoms with Gasteiger partial charge in [-0.1, -0.05) is 17.8 Å². The van der Waals surface area contributed by atoms with Crippen LogP contribution in [0.25, 0.3) is 10.3 Å². The SMILES string of the molecule is CC(=O)Nc1nc2nc(C3CCN(C(=O)C4CCC4)CC3)ccc2s1. The van der Waals surface area contributed by atoms with Crippen LogP contribution in [-0.4, -0.2) is 39.8 Å². The zero-order valence-electron chi connectivity index (χ0n) is 14.3. The summed E-state index contributed by atoms with van der Waals surface area (Å²) in [5, 5.41) is 3.31. The van der Waals surface area contributed by atoms with Crippen LogP contribution in [0, 0.1) is 5.92 Å². The largest absolute Gasteiger partial charge is 0.342 e. The van der Waals surface area contributed by atoms with Gasteiger partial charge in [-0.05, 0) is 37.8 Å². The van der Waals surface area contributed by atoms with Crippen LogP contribution in [0.1, 0.15) is 50.6 Å². The Balaban J connectivity index is 1.43. The van der Waals surface area contributed by atoms with Gasteiger partial charge in [0.05, 0.1) is 4.70 Å². The summed E-state index contributed by atoms with van der Waals surface area (Å²) in [5.74, 6) is 0.893. The number of fused-ring (bicyclic) bond motifs is 1. The van der Waals surface area contributed by atoms with Crippen molar-refractivity contribution in [1.29, 1.82) is 0 Å². The maximum absolute atomic E-state index is 12.4. The molecule has 4 rings (SSSR count). The summed E-state index contributed by atoms with van der Waals surface area (Å²) in [6.07, 6.45) is 5.25. The minimum atomic E-state index is -0.122. The molecule has 1 saturated carbocycles. The van der Waals surface area contributed by atoms with E-state index in [4.69, 9.17) is 4.98 Å². The third kappa shape index (κ3) is 3.38. The minimum Gasteiger partial charge on any atom is -0.342 e. The molecule has 0 unspecified atom stereocenters. The lowest BCUT2D eigenvalue weighted by Gasteiger charge is -2.36. The van der Waals surface area contributed by atoms with E-state index in [2.05, 4.69) is 16.4 Å². The number of nitrogens with one attached hydrogen (secondary N) is 1. The normalized spacial score (nSPS) is 19.0. The van der Waals surface area contributed by atoms with Gasteiger partial charge in [0.25, 0.3) is 0 Å². The molecule has 25 heavy (non-hydrogen) atoms. The third-order valence-electron chi connectivity index (χ3n) is 5.24. The van der Waals surface area contributed by atoms with Gasteiger partial charge in [0.2, 0.25) is 11.8 Å². The Morgan fingerprint density at radius 1 is 1.16 bits per heavy atom. The van der Waals surface area contributed by atoms with Gasteiger partial charge in [0.15, 0.2) is 10.8 Å². The number of amides is 2. The highest BCUT2D eigenvalue weighted by atomic mass is 32.1. The van der Waals surface area contributed by atoms with Gasteiger partial charge < -0.3 is 10.2 Å². The van der Waals surface area contributed by atoms with Crippen LogP contribution in [0.2, 0.25) is 0 Å². The van der Waals surface area contributed by atoms with Gasteiger partial charge in [-0.15, -0.1) is 0 Å². The molecule has 3 heterocycles. The van der Waals surface area contributed by atoms with Crippen molar-refractivity contribution in [3.8, 4) is 0 Å². The Bertz CT molecular complexity index is 807. The summed E-state index contributed by atoms with van der Waals surface area (Å²) >= 11 is 1.44. The fourth-order valence-corrected chi connectivity index (χ4v) is 4.43. The molecule has 1 aliphatic carbocycles. The molecule has 1 N–H and O–H groups in total.